The van der Waals surface area contributed by atoms with Crippen LogP contribution in [0.4, 0.5) is 11.5 Å². The Morgan fingerprint density at radius 3 is 2.73 bits per heavy atom. The number of halogens is 1. The highest BCUT2D eigenvalue weighted by molar-refractivity contribution is 6.31. The lowest BCUT2D eigenvalue weighted by molar-refractivity contribution is 0.0607. The normalized spacial score (nSPS) is 16.8. The molecule has 3 aromatic rings. The molecule has 158 valence electrons. The van der Waals surface area contributed by atoms with Crippen molar-refractivity contribution in [2.45, 2.75) is 46.1 Å². The summed E-state index contributed by atoms with van der Waals surface area (Å²) in [5.74, 6) is 0.807. The summed E-state index contributed by atoms with van der Waals surface area (Å²) in [7, 11) is 1.88. The second kappa shape index (κ2) is 7.80. The van der Waals surface area contributed by atoms with Crippen molar-refractivity contribution < 1.29 is 4.79 Å². The third-order valence-electron chi connectivity index (χ3n) is 6.03. The molecule has 0 unspecified atom stereocenters. The molecule has 3 N–H and O–H groups in total. The predicted octanol–water partition coefficient (Wildman–Crippen LogP) is 4.30. The van der Waals surface area contributed by atoms with Gasteiger partial charge in [0.15, 0.2) is 5.65 Å². The van der Waals surface area contributed by atoms with Crippen molar-refractivity contribution in [1.82, 2.24) is 19.5 Å². The molecule has 1 fully saturated rings. The second-order valence-electron chi connectivity index (χ2n) is 7.95. The molecular formula is C22H27ClN6O. The first-order valence-electron chi connectivity index (χ1n) is 10.2. The van der Waals surface area contributed by atoms with Crippen LogP contribution in [0.25, 0.3) is 5.65 Å². The summed E-state index contributed by atoms with van der Waals surface area (Å²) >= 11 is 6.22. The highest BCUT2D eigenvalue weighted by Gasteiger charge is 2.32. The molecule has 1 amide bonds. The van der Waals surface area contributed by atoms with Crippen LogP contribution < -0.4 is 11.1 Å². The number of hydrogen-bond acceptors (Lipinski definition) is 5. The largest absolute Gasteiger partial charge is 0.398 e. The van der Waals surface area contributed by atoms with Crippen molar-refractivity contribution in [1.29, 1.82) is 0 Å². The van der Waals surface area contributed by atoms with Crippen LogP contribution in [0.1, 0.15) is 58.2 Å². The number of carbonyl (C=O) groups is 1. The number of benzene rings is 1. The van der Waals surface area contributed by atoms with Crippen molar-refractivity contribution in [3.8, 4) is 0 Å². The summed E-state index contributed by atoms with van der Waals surface area (Å²) < 4.78 is 1.83. The van der Waals surface area contributed by atoms with Gasteiger partial charge in [-0.3, -0.25) is 4.79 Å². The number of nitrogen functional groups attached to an aromatic ring is 1. The van der Waals surface area contributed by atoms with Crippen LogP contribution in [0.3, 0.4) is 0 Å². The van der Waals surface area contributed by atoms with E-state index in [0.717, 1.165) is 53.2 Å². The third kappa shape index (κ3) is 3.37. The summed E-state index contributed by atoms with van der Waals surface area (Å²) in [6, 6.07) is 5.29. The maximum absolute atomic E-state index is 13.5. The van der Waals surface area contributed by atoms with Gasteiger partial charge in [0.05, 0.1) is 17.3 Å². The zero-order chi connectivity index (χ0) is 21.6. The third-order valence-corrected chi connectivity index (χ3v) is 6.24. The number of fused-ring (bicyclic) bond motifs is 1. The van der Waals surface area contributed by atoms with Gasteiger partial charge in [0.2, 0.25) is 0 Å². The molecule has 1 saturated heterocycles. The summed E-state index contributed by atoms with van der Waals surface area (Å²) in [5.41, 5.74) is 11.6. The van der Waals surface area contributed by atoms with E-state index in [4.69, 9.17) is 22.4 Å². The van der Waals surface area contributed by atoms with E-state index < -0.39 is 0 Å². The topological polar surface area (TPSA) is 88.5 Å². The van der Waals surface area contributed by atoms with Gasteiger partial charge in [0, 0.05) is 41.6 Å². The number of likely N-dealkylation sites (tertiary alicyclic amines) is 1. The maximum Gasteiger partial charge on any atom is 0.256 e. The van der Waals surface area contributed by atoms with Gasteiger partial charge >= 0.3 is 0 Å². The SMILES string of the molecule is CNc1c(C)c(C)nc2cc([C@@H]3CCCCN3C(=O)c3cc(Cl)cc(C)c3N)nn12. The number of hydrogen-bond donors (Lipinski definition) is 2. The Morgan fingerprint density at radius 2 is 2.00 bits per heavy atom. The zero-order valence-corrected chi connectivity index (χ0v) is 18.5. The van der Waals surface area contributed by atoms with Crippen LogP contribution in [0.15, 0.2) is 18.2 Å². The summed E-state index contributed by atoms with van der Waals surface area (Å²) in [5, 5.41) is 8.57. The summed E-state index contributed by atoms with van der Waals surface area (Å²) in [6.45, 7) is 6.54. The minimum absolute atomic E-state index is 0.103. The van der Waals surface area contributed by atoms with E-state index in [-0.39, 0.29) is 11.9 Å². The van der Waals surface area contributed by atoms with E-state index in [1.165, 1.54) is 0 Å². The lowest BCUT2D eigenvalue weighted by Crippen LogP contribution is -2.39. The van der Waals surface area contributed by atoms with Crippen molar-refractivity contribution in [3.05, 3.63) is 51.3 Å². The van der Waals surface area contributed by atoms with Gasteiger partial charge in [-0.2, -0.15) is 9.61 Å². The van der Waals surface area contributed by atoms with Crippen molar-refractivity contribution in [3.63, 3.8) is 0 Å². The van der Waals surface area contributed by atoms with Crippen LogP contribution in [0, 0.1) is 20.8 Å². The van der Waals surface area contributed by atoms with E-state index in [0.29, 0.717) is 22.8 Å². The molecule has 3 heterocycles. The van der Waals surface area contributed by atoms with Gasteiger partial charge < -0.3 is 16.0 Å². The molecular weight excluding hydrogens is 400 g/mol. The molecule has 7 nitrogen and oxygen atoms in total. The molecule has 8 heteroatoms. The second-order valence-corrected chi connectivity index (χ2v) is 8.39. The van der Waals surface area contributed by atoms with E-state index in [1.807, 2.05) is 43.3 Å². The Hall–Kier alpha value is -2.80. The number of piperidine rings is 1. The van der Waals surface area contributed by atoms with Crippen LogP contribution >= 0.6 is 11.6 Å². The van der Waals surface area contributed by atoms with Gasteiger partial charge in [-0.25, -0.2) is 4.98 Å². The van der Waals surface area contributed by atoms with Gasteiger partial charge in [-0.15, -0.1) is 0 Å². The fourth-order valence-corrected chi connectivity index (χ4v) is 4.52. The van der Waals surface area contributed by atoms with Crippen LogP contribution in [0.2, 0.25) is 5.02 Å². The Morgan fingerprint density at radius 1 is 1.23 bits per heavy atom. The van der Waals surface area contributed by atoms with E-state index in [1.54, 1.807) is 12.1 Å². The maximum atomic E-state index is 13.5. The Kier molecular flexibility index (Phi) is 5.32. The van der Waals surface area contributed by atoms with Crippen molar-refractivity contribution in [2.24, 2.45) is 0 Å². The average molecular weight is 427 g/mol. The molecule has 1 aliphatic heterocycles. The van der Waals surface area contributed by atoms with E-state index in [9.17, 15) is 4.79 Å². The predicted molar refractivity (Wildman–Crippen MR) is 120 cm³/mol. The lowest BCUT2D eigenvalue weighted by Gasteiger charge is -2.35. The Labute approximate surface area is 181 Å². The van der Waals surface area contributed by atoms with Gasteiger partial charge in [0.1, 0.15) is 5.82 Å². The smallest absolute Gasteiger partial charge is 0.256 e. The Balaban J connectivity index is 1.77. The van der Waals surface area contributed by atoms with E-state index >= 15 is 0 Å². The molecule has 1 atom stereocenters. The van der Waals surface area contributed by atoms with Crippen LogP contribution in [0.5, 0.6) is 0 Å². The standard InChI is InChI=1S/C22H27ClN6O/c1-12-9-15(23)10-16(20(12)24)22(30)28-8-6-5-7-18(28)17-11-19-26-14(3)13(2)21(25-4)29(19)27-17/h9-11,18,25H,5-8,24H2,1-4H3/t18-/m0/s1. The first-order chi connectivity index (χ1) is 14.3. The summed E-state index contributed by atoms with van der Waals surface area (Å²) in [4.78, 5) is 20.0. The highest BCUT2D eigenvalue weighted by Crippen LogP contribution is 2.34. The molecule has 4 rings (SSSR count). The zero-order valence-electron chi connectivity index (χ0n) is 17.8. The fraction of sp³-hybridized carbons (Fsp3) is 0.409. The molecule has 1 aliphatic rings. The van der Waals surface area contributed by atoms with Crippen LogP contribution in [-0.2, 0) is 0 Å². The molecule has 0 radical (unpaired) electrons. The van der Waals surface area contributed by atoms with E-state index in [2.05, 4.69) is 10.3 Å². The molecule has 1 aromatic carbocycles. The number of carbonyl (C=O) groups excluding carboxylic acids is 1. The molecule has 0 saturated carbocycles. The minimum atomic E-state index is -0.128. The number of aryl methyl sites for hydroxylation is 2. The average Bonchev–Trinajstić information content (AvgIpc) is 3.14. The highest BCUT2D eigenvalue weighted by atomic mass is 35.5. The van der Waals surface area contributed by atoms with Crippen molar-refractivity contribution in [2.75, 3.05) is 24.6 Å². The van der Waals surface area contributed by atoms with Gasteiger partial charge in [0.25, 0.3) is 5.91 Å². The number of nitrogens with zero attached hydrogens (tertiary/aromatic N) is 4. The quantitative estimate of drug-likeness (QED) is 0.609. The molecule has 2 aromatic heterocycles. The number of nitrogens with one attached hydrogen (secondary N) is 1. The summed E-state index contributed by atoms with van der Waals surface area (Å²) in [6.07, 6.45) is 2.84. The number of rotatable bonds is 3. The number of nitrogens with two attached hydrogens (primary N) is 1. The Bertz CT molecular complexity index is 1140. The monoisotopic (exact) mass is 426 g/mol. The molecule has 0 spiro atoms. The molecule has 0 aliphatic carbocycles. The lowest BCUT2D eigenvalue weighted by atomic mass is 9.97. The first-order valence-corrected chi connectivity index (χ1v) is 10.6. The van der Waals surface area contributed by atoms with Crippen LogP contribution in [-0.4, -0.2) is 39.0 Å². The van der Waals surface area contributed by atoms with Gasteiger partial charge in [-0.1, -0.05) is 11.6 Å². The first kappa shape index (κ1) is 20.5. The molecule has 0 bridgehead atoms. The number of amides is 1. The van der Waals surface area contributed by atoms with Crippen molar-refractivity contribution >= 4 is 34.7 Å². The fourth-order valence-electron chi connectivity index (χ4n) is 4.24. The number of anilines is 2. The minimum Gasteiger partial charge on any atom is -0.398 e. The van der Waals surface area contributed by atoms with Gasteiger partial charge in [-0.05, 0) is 57.7 Å². The number of aromatic nitrogens is 3. The molecule has 30 heavy (non-hydrogen) atoms.